The minimum Gasteiger partial charge on any atom is -0.350 e. The number of hydrogen-bond acceptors (Lipinski definition) is 7. The lowest BCUT2D eigenvalue weighted by Gasteiger charge is -2.29. The molecule has 0 spiro atoms. The lowest BCUT2D eigenvalue weighted by molar-refractivity contribution is -0.149. The lowest BCUT2D eigenvalue weighted by atomic mass is 10.2. The van der Waals surface area contributed by atoms with Crippen molar-refractivity contribution in [3.05, 3.63) is 52.1 Å². The monoisotopic (exact) mass is 492 g/mol. The fraction of sp³-hybridized carbons (Fsp3) is 0.455. The number of rotatable bonds is 5. The van der Waals surface area contributed by atoms with Gasteiger partial charge in [-0.15, -0.1) is 0 Å². The van der Waals surface area contributed by atoms with Gasteiger partial charge in [0.1, 0.15) is 11.9 Å². The number of nitrogens with zero attached hydrogens (tertiary/aromatic N) is 5. The number of aromatic nitrogens is 3. The zero-order chi connectivity index (χ0) is 23.9. The first-order valence-electron chi connectivity index (χ1n) is 11.1. The van der Waals surface area contributed by atoms with Crippen molar-refractivity contribution >= 4 is 32.7 Å². The third kappa shape index (κ3) is 4.64. The third-order valence-corrected chi connectivity index (χ3v) is 7.09. The molecule has 0 radical (unpaired) electrons. The molecule has 12 heteroatoms. The number of nitrogens with one attached hydrogen (secondary N) is 1. The minimum atomic E-state index is -4.31. The van der Waals surface area contributed by atoms with Crippen LogP contribution in [0, 0.1) is 0 Å². The Morgan fingerprint density at radius 2 is 1.94 bits per heavy atom. The van der Waals surface area contributed by atoms with Gasteiger partial charge < -0.3 is 10.2 Å². The number of fused-ring (bicyclic) bond motifs is 2. The minimum absolute atomic E-state index is 0.0494. The van der Waals surface area contributed by atoms with Crippen molar-refractivity contribution in [3.8, 4) is 0 Å². The molecule has 1 amide bonds. The summed E-state index contributed by atoms with van der Waals surface area (Å²) < 4.78 is 39.8. The van der Waals surface area contributed by atoms with E-state index in [2.05, 4.69) is 15.3 Å². The number of alkyl halides is 3. The van der Waals surface area contributed by atoms with Crippen LogP contribution in [-0.4, -0.2) is 57.2 Å². The second-order valence-corrected chi connectivity index (χ2v) is 9.47. The van der Waals surface area contributed by atoms with Gasteiger partial charge in [0, 0.05) is 26.2 Å². The molecule has 1 N–H and O–H groups in total. The Bertz CT molecular complexity index is 1260. The van der Waals surface area contributed by atoms with Gasteiger partial charge >= 0.3 is 6.18 Å². The third-order valence-electron chi connectivity index (χ3n) is 6.11. The number of hydrogen-bond donors (Lipinski definition) is 1. The Hall–Kier alpha value is -2.99. The molecule has 4 heterocycles. The fourth-order valence-corrected chi connectivity index (χ4v) is 5.52. The molecule has 3 aromatic rings. The van der Waals surface area contributed by atoms with Gasteiger partial charge in [0.05, 0.1) is 13.1 Å². The summed E-state index contributed by atoms with van der Waals surface area (Å²) in [7, 11) is 0. The van der Waals surface area contributed by atoms with Crippen LogP contribution in [0.1, 0.15) is 24.2 Å². The highest BCUT2D eigenvalue weighted by atomic mass is 32.1. The lowest BCUT2D eigenvalue weighted by Crippen LogP contribution is -2.43. The highest BCUT2D eigenvalue weighted by Crippen LogP contribution is 2.32. The molecule has 1 saturated heterocycles. The molecule has 5 rings (SSSR count). The molecule has 2 aromatic heterocycles. The summed E-state index contributed by atoms with van der Waals surface area (Å²) in [5, 5.41) is 3.51. The van der Waals surface area contributed by atoms with E-state index in [1.165, 1.54) is 20.8 Å². The van der Waals surface area contributed by atoms with E-state index in [0.29, 0.717) is 35.3 Å². The maximum atomic E-state index is 13.0. The molecule has 2 aliphatic rings. The molecule has 1 fully saturated rings. The molecule has 2 aliphatic heterocycles. The topological polar surface area (TPSA) is 83.4 Å². The summed E-state index contributed by atoms with van der Waals surface area (Å²) in [6, 6.07) is 9.23. The van der Waals surface area contributed by atoms with Crippen LogP contribution in [0.3, 0.4) is 0 Å². The number of carbonyl (C=O) groups excluding carboxylic acids is 1. The quantitative estimate of drug-likeness (QED) is 0.590. The summed E-state index contributed by atoms with van der Waals surface area (Å²) in [4.78, 5) is 38.4. The van der Waals surface area contributed by atoms with Crippen molar-refractivity contribution < 1.29 is 18.0 Å². The van der Waals surface area contributed by atoms with Gasteiger partial charge in [-0.2, -0.15) is 13.2 Å². The van der Waals surface area contributed by atoms with Gasteiger partial charge in [-0.1, -0.05) is 41.7 Å². The normalized spacial score (nSPS) is 18.9. The van der Waals surface area contributed by atoms with E-state index < -0.39 is 18.8 Å². The number of anilines is 1. The highest BCUT2D eigenvalue weighted by Gasteiger charge is 2.35. The average molecular weight is 493 g/mol. The Labute approximate surface area is 197 Å². The fourth-order valence-electron chi connectivity index (χ4n) is 4.49. The molecule has 8 nitrogen and oxygen atoms in total. The van der Waals surface area contributed by atoms with Gasteiger partial charge in [0.2, 0.25) is 5.91 Å². The average Bonchev–Trinajstić information content (AvgIpc) is 3.44. The molecule has 34 heavy (non-hydrogen) atoms. The smallest absolute Gasteiger partial charge is 0.350 e. The summed E-state index contributed by atoms with van der Waals surface area (Å²) in [5.74, 6) is 0.203. The largest absolute Gasteiger partial charge is 0.401 e. The van der Waals surface area contributed by atoms with Crippen LogP contribution < -0.4 is 15.8 Å². The van der Waals surface area contributed by atoms with Gasteiger partial charge in [0.25, 0.3) is 5.56 Å². The zero-order valence-electron chi connectivity index (χ0n) is 18.2. The molecule has 0 saturated carbocycles. The first kappa shape index (κ1) is 22.8. The van der Waals surface area contributed by atoms with Gasteiger partial charge in [-0.25, -0.2) is 9.97 Å². The standard InChI is InChI=1S/C22H23F3N6O2S/c23-22(24,25)13-29-9-10-31-16(12-29)27-19-17(20(31)33)28-21(34-19)30-8-4-7-15(30)18(32)26-11-14-5-2-1-3-6-14/h1-3,5-6,15H,4,7-13H2,(H,26,32)/t15-/m1/s1. The van der Waals surface area contributed by atoms with E-state index in [1.807, 2.05) is 35.2 Å². The van der Waals surface area contributed by atoms with Crippen molar-refractivity contribution in [2.45, 2.75) is 44.7 Å². The number of carbonyl (C=O) groups is 1. The SMILES string of the molecule is O=C(NCc1ccccc1)[C@H]1CCCN1c1nc2c(=O)n3c(nc2s1)CN(CC(F)(F)F)CC3. The Morgan fingerprint density at radius 1 is 1.15 bits per heavy atom. The summed E-state index contributed by atoms with van der Waals surface area (Å²) in [6.07, 6.45) is -2.82. The summed E-state index contributed by atoms with van der Waals surface area (Å²) >= 11 is 1.20. The van der Waals surface area contributed by atoms with Crippen LogP contribution in [0.25, 0.3) is 10.3 Å². The molecule has 180 valence electrons. The van der Waals surface area contributed by atoms with Gasteiger partial charge in [-0.3, -0.25) is 19.1 Å². The van der Waals surface area contributed by atoms with Crippen molar-refractivity contribution in [1.29, 1.82) is 0 Å². The maximum Gasteiger partial charge on any atom is 0.401 e. The number of amides is 1. The van der Waals surface area contributed by atoms with Gasteiger partial charge in [0.15, 0.2) is 15.5 Å². The van der Waals surface area contributed by atoms with E-state index in [0.717, 1.165) is 12.0 Å². The van der Waals surface area contributed by atoms with E-state index >= 15 is 0 Å². The molecule has 0 unspecified atom stereocenters. The Balaban J connectivity index is 1.36. The van der Waals surface area contributed by atoms with Crippen LogP contribution in [-0.2, 0) is 24.4 Å². The molecule has 1 aromatic carbocycles. The van der Waals surface area contributed by atoms with E-state index in [9.17, 15) is 22.8 Å². The second kappa shape index (κ2) is 8.99. The zero-order valence-corrected chi connectivity index (χ0v) is 19.0. The van der Waals surface area contributed by atoms with Crippen molar-refractivity contribution in [2.24, 2.45) is 0 Å². The molecule has 0 bridgehead atoms. The molecule has 1 atom stereocenters. The predicted molar refractivity (Wildman–Crippen MR) is 122 cm³/mol. The van der Waals surface area contributed by atoms with Crippen molar-refractivity contribution in [2.75, 3.05) is 24.5 Å². The highest BCUT2D eigenvalue weighted by molar-refractivity contribution is 7.21. The maximum absolute atomic E-state index is 13.0. The van der Waals surface area contributed by atoms with Crippen LogP contribution in [0.4, 0.5) is 18.3 Å². The molecular formula is C22H23F3N6O2S. The first-order chi connectivity index (χ1) is 16.3. The van der Waals surface area contributed by atoms with Crippen LogP contribution in [0.2, 0.25) is 0 Å². The van der Waals surface area contributed by atoms with Crippen LogP contribution in [0.5, 0.6) is 0 Å². The number of benzene rings is 1. The van der Waals surface area contributed by atoms with Crippen LogP contribution >= 0.6 is 11.3 Å². The second-order valence-electron chi connectivity index (χ2n) is 8.52. The summed E-state index contributed by atoms with van der Waals surface area (Å²) in [6.45, 7) is 0.215. The Kier molecular flexibility index (Phi) is 6.02. The van der Waals surface area contributed by atoms with Crippen LogP contribution in [0.15, 0.2) is 35.1 Å². The molecular weight excluding hydrogens is 469 g/mol. The van der Waals surface area contributed by atoms with E-state index in [1.54, 1.807) is 0 Å². The number of thiazole rings is 1. The van der Waals surface area contributed by atoms with Crippen molar-refractivity contribution in [3.63, 3.8) is 0 Å². The summed E-state index contributed by atoms with van der Waals surface area (Å²) in [5.41, 5.74) is 0.851. The molecule has 0 aliphatic carbocycles. The van der Waals surface area contributed by atoms with E-state index in [4.69, 9.17) is 0 Å². The van der Waals surface area contributed by atoms with Crippen molar-refractivity contribution in [1.82, 2.24) is 24.8 Å². The van der Waals surface area contributed by atoms with Gasteiger partial charge in [-0.05, 0) is 18.4 Å². The Morgan fingerprint density at radius 3 is 2.71 bits per heavy atom. The van der Waals surface area contributed by atoms with E-state index in [-0.39, 0.29) is 36.6 Å². The first-order valence-corrected chi connectivity index (χ1v) is 11.9. The number of halogens is 3. The predicted octanol–water partition coefficient (Wildman–Crippen LogP) is 2.52.